The molecule has 154 valence electrons. The molecule has 0 saturated carbocycles. The Bertz CT molecular complexity index is 930. The Morgan fingerprint density at radius 3 is 2.52 bits per heavy atom. The third-order valence-corrected chi connectivity index (χ3v) is 4.75. The fourth-order valence-corrected chi connectivity index (χ4v) is 3.34. The third-order valence-electron chi connectivity index (χ3n) is 4.44. The number of benzene rings is 2. The smallest absolute Gasteiger partial charge is 0.406 e. The first kappa shape index (κ1) is 20.8. The Morgan fingerprint density at radius 1 is 1.21 bits per heavy atom. The van der Waals surface area contributed by atoms with Crippen LogP contribution in [0.4, 0.5) is 23.7 Å². The van der Waals surface area contributed by atoms with Crippen molar-refractivity contribution < 1.29 is 27.5 Å². The van der Waals surface area contributed by atoms with Gasteiger partial charge in [-0.05, 0) is 42.2 Å². The van der Waals surface area contributed by atoms with Crippen molar-refractivity contribution in [1.29, 1.82) is 0 Å². The molecule has 6 nitrogen and oxygen atoms in total. The van der Waals surface area contributed by atoms with Crippen molar-refractivity contribution in [1.82, 2.24) is 4.90 Å². The Balaban J connectivity index is 1.55. The van der Waals surface area contributed by atoms with Gasteiger partial charge in [0.25, 0.3) is 0 Å². The molecule has 29 heavy (non-hydrogen) atoms. The van der Waals surface area contributed by atoms with E-state index in [4.69, 9.17) is 17.3 Å². The summed E-state index contributed by atoms with van der Waals surface area (Å²) in [4.78, 5) is 25.0. The number of nitrogens with two attached hydrogens (primary N) is 1. The summed E-state index contributed by atoms with van der Waals surface area (Å²) in [5.41, 5.74) is 6.16. The van der Waals surface area contributed by atoms with E-state index in [2.05, 4.69) is 10.1 Å². The first-order chi connectivity index (χ1) is 13.6. The summed E-state index contributed by atoms with van der Waals surface area (Å²) in [5.74, 6) is -0.889. The molecule has 3 N–H and O–H groups in total. The number of alkyl halides is 3. The van der Waals surface area contributed by atoms with Crippen molar-refractivity contribution in [2.45, 2.75) is 12.8 Å². The zero-order valence-corrected chi connectivity index (χ0v) is 15.8. The van der Waals surface area contributed by atoms with Gasteiger partial charge < -0.3 is 20.7 Å². The van der Waals surface area contributed by atoms with Crippen LogP contribution in [-0.4, -0.2) is 36.3 Å². The van der Waals surface area contributed by atoms with E-state index in [0.717, 1.165) is 0 Å². The van der Waals surface area contributed by atoms with E-state index in [1.165, 1.54) is 35.2 Å². The molecule has 1 saturated heterocycles. The van der Waals surface area contributed by atoms with Gasteiger partial charge in [0, 0.05) is 18.8 Å². The number of hydrogen-bond acceptors (Lipinski definition) is 3. The first-order valence-electron chi connectivity index (χ1n) is 8.61. The van der Waals surface area contributed by atoms with Crippen LogP contribution in [-0.2, 0) is 6.42 Å². The number of primary amides is 1. The van der Waals surface area contributed by atoms with Crippen molar-refractivity contribution >= 4 is 29.2 Å². The quantitative estimate of drug-likeness (QED) is 0.755. The molecule has 0 spiro atoms. The maximum atomic E-state index is 12.5. The van der Waals surface area contributed by atoms with Gasteiger partial charge in [-0.25, -0.2) is 4.79 Å². The van der Waals surface area contributed by atoms with E-state index in [1.54, 1.807) is 12.1 Å². The minimum atomic E-state index is -4.76. The van der Waals surface area contributed by atoms with Crippen molar-refractivity contribution in [3.05, 3.63) is 58.6 Å². The molecule has 2 aromatic rings. The second kappa shape index (κ2) is 8.20. The van der Waals surface area contributed by atoms with Crippen LogP contribution in [0.15, 0.2) is 42.5 Å². The predicted molar refractivity (Wildman–Crippen MR) is 101 cm³/mol. The Morgan fingerprint density at radius 2 is 1.90 bits per heavy atom. The molecule has 0 radical (unpaired) electrons. The average Bonchev–Trinajstić information content (AvgIpc) is 2.57. The third kappa shape index (κ3) is 5.32. The number of carbonyl (C=O) groups excluding carboxylic acids is 2. The molecule has 10 heteroatoms. The number of halogens is 4. The highest BCUT2D eigenvalue weighted by atomic mass is 35.5. The molecule has 0 aromatic heterocycles. The molecule has 1 aliphatic heterocycles. The van der Waals surface area contributed by atoms with Crippen molar-refractivity contribution in [3.8, 4) is 5.75 Å². The summed E-state index contributed by atoms with van der Waals surface area (Å²) in [6, 6.07) is 9.92. The van der Waals surface area contributed by atoms with E-state index in [9.17, 15) is 22.8 Å². The number of amides is 3. The lowest BCUT2D eigenvalue weighted by Gasteiger charge is -2.39. The number of nitrogens with zero attached hydrogens (tertiary/aromatic N) is 1. The van der Waals surface area contributed by atoms with Gasteiger partial charge in [0.2, 0.25) is 5.91 Å². The van der Waals surface area contributed by atoms with Gasteiger partial charge in [0.05, 0.1) is 10.6 Å². The topological polar surface area (TPSA) is 84.7 Å². The van der Waals surface area contributed by atoms with E-state index in [-0.39, 0.29) is 28.3 Å². The van der Waals surface area contributed by atoms with Gasteiger partial charge in [-0.3, -0.25) is 4.79 Å². The molecule has 3 rings (SSSR count). The number of anilines is 1. The fourth-order valence-electron chi connectivity index (χ4n) is 3.07. The number of rotatable bonds is 5. The number of ether oxygens (including phenoxy) is 1. The molecule has 0 aliphatic carbocycles. The standard InChI is InChI=1S/C19H17ClF3N3O3/c20-15-8-13(5-6-14(15)17(24)27)25-18(28)26-9-11(10-26)7-12-3-1-2-4-16(12)29-19(21,22)23/h1-6,8,11H,7,9-10H2,(H2,24,27)(H,25,28). The average molecular weight is 428 g/mol. The highest BCUT2D eigenvalue weighted by Crippen LogP contribution is 2.30. The molecule has 0 unspecified atom stereocenters. The van der Waals surface area contributed by atoms with Crippen LogP contribution < -0.4 is 15.8 Å². The largest absolute Gasteiger partial charge is 0.573 e. The Kier molecular flexibility index (Phi) is 5.88. The fraction of sp³-hybridized carbons (Fsp3) is 0.263. The summed E-state index contributed by atoms with van der Waals surface area (Å²) in [6.07, 6.45) is -4.40. The van der Waals surface area contributed by atoms with Gasteiger partial charge in [0.15, 0.2) is 0 Å². The van der Waals surface area contributed by atoms with E-state index in [0.29, 0.717) is 30.8 Å². The molecule has 0 bridgehead atoms. The van der Waals surface area contributed by atoms with Crippen molar-refractivity contribution in [2.75, 3.05) is 18.4 Å². The molecule has 1 fully saturated rings. The molecule has 3 amide bonds. The van der Waals surface area contributed by atoms with Crippen LogP contribution in [0.5, 0.6) is 5.75 Å². The number of urea groups is 1. The zero-order valence-electron chi connectivity index (χ0n) is 15.0. The summed E-state index contributed by atoms with van der Waals surface area (Å²) in [5, 5.41) is 2.78. The molecule has 0 atom stereocenters. The summed E-state index contributed by atoms with van der Waals surface area (Å²) < 4.78 is 41.6. The van der Waals surface area contributed by atoms with Crippen LogP contribution in [0, 0.1) is 5.92 Å². The number of nitrogens with one attached hydrogen (secondary N) is 1. The van der Waals surface area contributed by atoms with Gasteiger partial charge in [0.1, 0.15) is 5.75 Å². The highest BCUT2D eigenvalue weighted by Gasteiger charge is 2.34. The number of para-hydroxylation sites is 1. The lowest BCUT2D eigenvalue weighted by molar-refractivity contribution is -0.274. The highest BCUT2D eigenvalue weighted by molar-refractivity contribution is 6.34. The second-order valence-corrected chi connectivity index (χ2v) is 7.03. The normalized spacial score (nSPS) is 14.3. The van der Waals surface area contributed by atoms with Crippen molar-refractivity contribution in [3.63, 3.8) is 0 Å². The van der Waals surface area contributed by atoms with E-state index in [1.807, 2.05) is 0 Å². The Labute approximate surface area is 169 Å². The van der Waals surface area contributed by atoms with E-state index >= 15 is 0 Å². The minimum Gasteiger partial charge on any atom is -0.406 e. The number of carbonyl (C=O) groups is 2. The lowest BCUT2D eigenvalue weighted by Crippen LogP contribution is -2.52. The van der Waals surface area contributed by atoms with Crippen LogP contribution in [0.2, 0.25) is 5.02 Å². The molecule has 2 aromatic carbocycles. The van der Waals surface area contributed by atoms with Gasteiger partial charge in [-0.15, -0.1) is 13.2 Å². The van der Waals surface area contributed by atoms with Gasteiger partial charge in [-0.1, -0.05) is 29.8 Å². The van der Waals surface area contributed by atoms with E-state index < -0.39 is 12.3 Å². The van der Waals surface area contributed by atoms with Crippen LogP contribution in [0.3, 0.4) is 0 Å². The molecule has 1 heterocycles. The number of likely N-dealkylation sites (tertiary alicyclic amines) is 1. The minimum absolute atomic E-state index is 0.0135. The number of hydrogen-bond donors (Lipinski definition) is 2. The van der Waals surface area contributed by atoms with Gasteiger partial charge >= 0.3 is 12.4 Å². The van der Waals surface area contributed by atoms with Crippen LogP contribution >= 0.6 is 11.6 Å². The maximum Gasteiger partial charge on any atom is 0.573 e. The Hall–Kier alpha value is -2.94. The van der Waals surface area contributed by atoms with Crippen LogP contribution in [0.1, 0.15) is 15.9 Å². The summed E-state index contributed by atoms with van der Waals surface area (Å²) >= 11 is 5.95. The first-order valence-corrected chi connectivity index (χ1v) is 8.99. The SMILES string of the molecule is NC(=O)c1ccc(NC(=O)N2CC(Cc3ccccc3OC(F)(F)F)C2)cc1Cl. The second-order valence-electron chi connectivity index (χ2n) is 6.62. The van der Waals surface area contributed by atoms with Crippen molar-refractivity contribution in [2.24, 2.45) is 11.7 Å². The van der Waals surface area contributed by atoms with Crippen LogP contribution in [0.25, 0.3) is 0 Å². The summed E-state index contributed by atoms with van der Waals surface area (Å²) in [7, 11) is 0. The zero-order chi connectivity index (χ0) is 21.2. The predicted octanol–water partition coefficient (Wildman–Crippen LogP) is 4.04. The molecule has 1 aliphatic rings. The molecular formula is C19H17ClF3N3O3. The maximum absolute atomic E-state index is 12.5. The molecular weight excluding hydrogens is 411 g/mol. The lowest BCUT2D eigenvalue weighted by atomic mass is 9.92. The van der Waals surface area contributed by atoms with Gasteiger partial charge in [-0.2, -0.15) is 0 Å². The summed E-state index contributed by atoms with van der Waals surface area (Å²) in [6.45, 7) is 0.776. The monoisotopic (exact) mass is 427 g/mol.